The minimum Gasteiger partial charge on any atom is -0.497 e. The molecule has 1 atom stereocenters. The second-order valence-corrected chi connectivity index (χ2v) is 7.53. The molecule has 4 nitrogen and oxygen atoms in total. The van der Waals surface area contributed by atoms with Crippen LogP contribution in [-0.2, 0) is 10.0 Å². The average molecular weight is 333 g/mol. The van der Waals surface area contributed by atoms with Crippen LogP contribution in [0.15, 0.2) is 41.3 Å². The number of aryl methyl sites for hydroxylation is 3. The maximum atomic E-state index is 12.5. The molecular formula is C18H23NO3S. The van der Waals surface area contributed by atoms with Gasteiger partial charge >= 0.3 is 0 Å². The zero-order valence-corrected chi connectivity index (χ0v) is 15.0. The Balaban J connectivity index is 2.27. The molecule has 2 aromatic carbocycles. The van der Waals surface area contributed by atoms with Gasteiger partial charge in [0.15, 0.2) is 0 Å². The summed E-state index contributed by atoms with van der Waals surface area (Å²) < 4.78 is 32.9. The lowest BCUT2D eigenvalue weighted by molar-refractivity contribution is 0.414. The quantitative estimate of drug-likeness (QED) is 0.908. The normalized spacial score (nSPS) is 12.9. The minimum absolute atomic E-state index is 0.228. The summed E-state index contributed by atoms with van der Waals surface area (Å²) in [5, 5.41) is 0. The van der Waals surface area contributed by atoms with Crippen molar-refractivity contribution in [2.75, 3.05) is 7.11 Å². The molecule has 0 aliphatic rings. The van der Waals surface area contributed by atoms with Gasteiger partial charge < -0.3 is 4.74 Å². The van der Waals surface area contributed by atoms with E-state index in [1.807, 2.05) is 26.8 Å². The second-order valence-electron chi connectivity index (χ2n) is 5.81. The standard InChI is InChI=1S/C18H23NO3S/c1-12-10-14(3)18(11-13(12)2)15(4)19-23(20,21)17-8-6-16(22-5)7-9-17/h6-11,15,19H,1-5H3/t15-/m0/s1. The molecule has 0 amide bonds. The van der Waals surface area contributed by atoms with Gasteiger partial charge in [-0.05, 0) is 74.2 Å². The smallest absolute Gasteiger partial charge is 0.241 e. The van der Waals surface area contributed by atoms with E-state index in [1.165, 1.54) is 5.56 Å². The Labute approximate surface area is 138 Å². The molecule has 0 saturated carbocycles. The van der Waals surface area contributed by atoms with Crippen LogP contribution in [0.2, 0.25) is 0 Å². The van der Waals surface area contributed by atoms with Crippen molar-refractivity contribution >= 4 is 10.0 Å². The predicted molar refractivity (Wildman–Crippen MR) is 92.4 cm³/mol. The fourth-order valence-electron chi connectivity index (χ4n) is 2.57. The van der Waals surface area contributed by atoms with E-state index in [1.54, 1.807) is 31.4 Å². The number of rotatable bonds is 5. The zero-order valence-electron chi connectivity index (χ0n) is 14.2. The molecule has 0 spiro atoms. The van der Waals surface area contributed by atoms with Gasteiger partial charge in [-0.2, -0.15) is 0 Å². The molecule has 0 heterocycles. The predicted octanol–water partition coefficient (Wildman–Crippen LogP) is 3.66. The first-order valence-corrected chi connectivity index (χ1v) is 8.97. The largest absolute Gasteiger partial charge is 0.497 e. The Hall–Kier alpha value is -1.85. The first-order valence-electron chi connectivity index (χ1n) is 7.48. The van der Waals surface area contributed by atoms with E-state index in [9.17, 15) is 8.42 Å². The topological polar surface area (TPSA) is 55.4 Å². The Morgan fingerprint density at radius 1 is 0.957 bits per heavy atom. The molecule has 2 aromatic rings. The first kappa shape index (κ1) is 17.5. The molecule has 0 unspecified atom stereocenters. The second kappa shape index (κ2) is 6.72. The van der Waals surface area contributed by atoms with Crippen molar-refractivity contribution in [3.05, 3.63) is 58.7 Å². The zero-order chi connectivity index (χ0) is 17.2. The Kier molecular flexibility index (Phi) is 5.12. The van der Waals surface area contributed by atoms with Gasteiger partial charge in [-0.1, -0.05) is 12.1 Å². The number of hydrogen-bond acceptors (Lipinski definition) is 3. The summed E-state index contributed by atoms with van der Waals surface area (Å²) in [5.74, 6) is 0.627. The molecule has 0 aliphatic carbocycles. The number of hydrogen-bond donors (Lipinski definition) is 1. The molecule has 0 radical (unpaired) electrons. The molecule has 124 valence electrons. The molecule has 1 N–H and O–H groups in total. The summed E-state index contributed by atoms with van der Waals surface area (Å²) in [6.45, 7) is 7.94. The number of benzene rings is 2. The fourth-order valence-corrected chi connectivity index (χ4v) is 3.79. The summed E-state index contributed by atoms with van der Waals surface area (Å²) >= 11 is 0. The minimum atomic E-state index is -3.58. The summed E-state index contributed by atoms with van der Waals surface area (Å²) in [6, 6.07) is 10.2. The number of ether oxygens (including phenoxy) is 1. The number of methoxy groups -OCH3 is 1. The monoisotopic (exact) mass is 333 g/mol. The maximum absolute atomic E-state index is 12.5. The lowest BCUT2D eigenvalue weighted by Crippen LogP contribution is -2.27. The third-order valence-electron chi connectivity index (χ3n) is 4.05. The van der Waals surface area contributed by atoms with Crippen LogP contribution in [0.5, 0.6) is 5.75 Å². The summed E-state index contributed by atoms with van der Waals surface area (Å²) in [5.41, 5.74) is 4.43. The highest BCUT2D eigenvalue weighted by Crippen LogP contribution is 2.24. The van der Waals surface area contributed by atoms with Crippen LogP contribution < -0.4 is 9.46 Å². The van der Waals surface area contributed by atoms with E-state index in [0.717, 1.165) is 16.7 Å². The van der Waals surface area contributed by atoms with Gasteiger partial charge in [-0.3, -0.25) is 0 Å². The molecule has 5 heteroatoms. The van der Waals surface area contributed by atoms with Gasteiger partial charge in [0, 0.05) is 6.04 Å². The van der Waals surface area contributed by atoms with Crippen molar-refractivity contribution < 1.29 is 13.2 Å². The third kappa shape index (κ3) is 3.92. The third-order valence-corrected chi connectivity index (χ3v) is 5.61. The van der Waals surface area contributed by atoms with Crippen molar-refractivity contribution in [3.63, 3.8) is 0 Å². The van der Waals surface area contributed by atoms with E-state index < -0.39 is 10.0 Å². The highest BCUT2D eigenvalue weighted by molar-refractivity contribution is 7.89. The molecule has 0 saturated heterocycles. The van der Waals surface area contributed by atoms with Crippen LogP contribution in [0, 0.1) is 20.8 Å². The van der Waals surface area contributed by atoms with E-state index >= 15 is 0 Å². The maximum Gasteiger partial charge on any atom is 0.241 e. The van der Waals surface area contributed by atoms with Gasteiger partial charge in [0.25, 0.3) is 0 Å². The average Bonchev–Trinajstić information content (AvgIpc) is 2.50. The molecule has 23 heavy (non-hydrogen) atoms. The number of sulfonamides is 1. The molecule has 2 rings (SSSR count). The SMILES string of the molecule is COc1ccc(S(=O)(=O)N[C@@H](C)c2cc(C)c(C)cc2C)cc1. The first-order chi connectivity index (χ1) is 10.7. The summed E-state index contributed by atoms with van der Waals surface area (Å²) in [6.07, 6.45) is 0. The summed E-state index contributed by atoms with van der Waals surface area (Å²) in [7, 11) is -2.03. The van der Waals surface area contributed by atoms with Gasteiger partial charge in [0.05, 0.1) is 12.0 Å². The van der Waals surface area contributed by atoms with E-state index in [-0.39, 0.29) is 10.9 Å². The van der Waals surface area contributed by atoms with Crippen molar-refractivity contribution in [3.8, 4) is 5.75 Å². The molecule has 0 fully saturated rings. The van der Waals surface area contributed by atoms with Crippen LogP contribution in [0.25, 0.3) is 0 Å². The van der Waals surface area contributed by atoms with E-state index in [0.29, 0.717) is 5.75 Å². The lowest BCUT2D eigenvalue weighted by Gasteiger charge is -2.18. The Morgan fingerprint density at radius 3 is 2.09 bits per heavy atom. The molecule has 0 aliphatic heterocycles. The van der Waals surface area contributed by atoms with Gasteiger partial charge in [0.2, 0.25) is 10.0 Å². The van der Waals surface area contributed by atoms with Crippen LogP contribution >= 0.6 is 0 Å². The molecular weight excluding hydrogens is 310 g/mol. The van der Waals surface area contributed by atoms with Crippen molar-refractivity contribution in [1.29, 1.82) is 0 Å². The van der Waals surface area contributed by atoms with Gasteiger partial charge in [-0.15, -0.1) is 0 Å². The van der Waals surface area contributed by atoms with E-state index in [2.05, 4.69) is 17.7 Å². The summed E-state index contributed by atoms with van der Waals surface area (Å²) in [4.78, 5) is 0.228. The highest BCUT2D eigenvalue weighted by Gasteiger charge is 2.19. The van der Waals surface area contributed by atoms with Gasteiger partial charge in [0.1, 0.15) is 5.75 Å². The highest BCUT2D eigenvalue weighted by atomic mass is 32.2. The van der Waals surface area contributed by atoms with E-state index in [4.69, 9.17) is 4.74 Å². The molecule has 0 bridgehead atoms. The van der Waals surface area contributed by atoms with Crippen molar-refractivity contribution in [2.45, 2.75) is 38.6 Å². The van der Waals surface area contributed by atoms with Crippen LogP contribution in [0.1, 0.15) is 35.2 Å². The fraction of sp³-hybridized carbons (Fsp3) is 0.333. The molecule has 0 aromatic heterocycles. The lowest BCUT2D eigenvalue weighted by atomic mass is 9.97. The van der Waals surface area contributed by atoms with Crippen molar-refractivity contribution in [2.24, 2.45) is 0 Å². The van der Waals surface area contributed by atoms with Crippen LogP contribution in [0.4, 0.5) is 0 Å². The van der Waals surface area contributed by atoms with Crippen LogP contribution in [0.3, 0.4) is 0 Å². The Bertz CT molecular complexity index is 796. The van der Waals surface area contributed by atoms with Crippen LogP contribution in [-0.4, -0.2) is 15.5 Å². The van der Waals surface area contributed by atoms with Gasteiger partial charge in [-0.25, -0.2) is 13.1 Å². The number of nitrogens with one attached hydrogen (secondary N) is 1. The Morgan fingerprint density at radius 2 is 1.52 bits per heavy atom. The van der Waals surface area contributed by atoms with Crippen molar-refractivity contribution in [1.82, 2.24) is 4.72 Å².